The zero-order valence-corrected chi connectivity index (χ0v) is 11.9. The second-order valence-electron chi connectivity index (χ2n) is 3.87. The highest BCUT2D eigenvalue weighted by atomic mass is 35.5. The third kappa shape index (κ3) is 2.97. The maximum atomic E-state index is 11.3. The van der Waals surface area contributed by atoms with Crippen molar-refractivity contribution >= 4 is 34.7 Å². The van der Waals surface area contributed by atoms with E-state index in [4.69, 9.17) is 23.2 Å². The summed E-state index contributed by atoms with van der Waals surface area (Å²) >= 11 is 11.8. The molecule has 0 fully saturated rings. The molecule has 20 heavy (non-hydrogen) atoms. The van der Waals surface area contributed by atoms with E-state index in [2.05, 4.69) is 15.3 Å². The van der Waals surface area contributed by atoms with Gasteiger partial charge in [-0.15, -0.1) is 0 Å². The molecule has 1 aromatic heterocycles. The molecule has 1 N–H and O–H groups in total. The molecule has 0 radical (unpaired) electrons. The first kappa shape index (κ1) is 14.5. The smallest absolute Gasteiger partial charge is 0.337 e. The number of aromatic nitrogens is 2. The van der Waals surface area contributed by atoms with Crippen LogP contribution in [-0.2, 0) is 0 Å². The van der Waals surface area contributed by atoms with Gasteiger partial charge in [-0.3, -0.25) is 10.1 Å². The summed E-state index contributed by atoms with van der Waals surface area (Å²) in [4.78, 5) is 18.6. The molecule has 0 aliphatic rings. The van der Waals surface area contributed by atoms with Gasteiger partial charge in [0.2, 0.25) is 5.82 Å². The van der Waals surface area contributed by atoms with Gasteiger partial charge in [0.05, 0.1) is 4.92 Å². The Balaban J connectivity index is 2.66. The van der Waals surface area contributed by atoms with Gasteiger partial charge < -0.3 is 5.32 Å². The first-order chi connectivity index (χ1) is 9.52. The van der Waals surface area contributed by atoms with Crippen LogP contribution in [0.2, 0.25) is 10.0 Å². The summed E-state index contributed by atoms with van der Waals surface area (Å²) in [5.41, 5.74) is 0.439. The molecule has 0 atom stereocenters. The minimum absolute atomic E-state index is 0.165. The van der Waals surface area contributed by atoms with Gasteiger partial charge in [0.1, 0.15) is 6.33 Å². The van der Waals surface area contributed by atoms with Gasteiger partial charge in [-0.25, -0.2) is 9.97 Å². The number of anilines is 1. The number of hydrogen-bond acceptors (Lipinski definition) is 5. The lowest BCUT2D eigenvalue weighted by Crippen LogP contribution is -2.06. The summed E-state index contributed by atoms with van der Waals surface area (Å²) in [6.45, 7) is 2.33. The minimum Gasteiger partial charge on any atom is -0.365 e. The van der Waals surface area contributed by atoms with Gasteiger partial charge in [0, 0.05) is 22.2 Å². The molecule has 0 amide bonds. The number of nitrogens with zero attached hydrogens (tertiary/aromatic N) is 3. The molecule has 1 heterocycles. The van der Waals surface area contributed by atoms with Crippen LogP contribution in [0, 0.1) is 10.1 Å². The largest absolute Gasteiger partial charge is 0.365 e. The molecule has 0 unspecified atom stereocenters. The SMILES string of the molecule is CCNc1ncnc(-c2cc(Cl)cc(Cl)c2)c1[N+](=O)[O-]. The fourth-order valence-electron chi connectivity index (χ4n) is 1.75. The van der Waals surface area contributed by atoms with E-state index in [0.29, 0.717) is 22.2 Å². The monoisotopic (exact) mass is 312 g/mol. The summed E-state index contributed by atoms with van der Waals surface area (Å²) in [6.07, 6.45) is 1.26. The van der Waals surface area contributed by atoms with Crippen molar-refractivity contribution in [2.45, 2.75) is 6.92 Å². The van der Waals surface area contributed by atoms with Crippen LogP contribution in [-0.4, -0.2) is 21.4 Å². The highest BCUT2D eigenvalue weighted by Crippen LogP contribution is 2.35. The Morgan fingerprint density at radius 2 is 1.90 bits per heavy atom. The molecule has 0 saturated carbocycles. The molecular weight excluding hydrogens is 303 g/mol. The third-order valence-electron chi connectivity index (χ3n) is 2.49. The van der Waals surface area contributed by atoms with E-state index >= 15 is 0 Å². The van der Waals surface area contributed by atoms with E-state index < -0.39 is 4.92 Å². The van der Waals surface area contributed by atoms with Crippen molar-refractivity contribution in [1.82, 2.24) is 9.97 Å². The Hall–Kier alpha value is -1.92. The quantitative estimate of drug-likeness (QED) is 0.686. The van der Waals surface area contributed by atoms with Gasteiger partial charge in [-0.05, 0) is 25.1 Å². The predicted octanol–water partition coefficient (Wildman–Crippen LogP) is 3.79. The summed E-state index contributed by atoms with van der Waals surface area (Å²) in [6, 6.07) is 4.68. The first-order valence-electron chi connectivity index (χ1n) is 5.72. The van der Waals surface area contributed by atoms with E-state index in [9.17, 15) is 10.1 Å². The third-order valence-corrected chi connectivity index (χ3v) is 2.92. The average molecular weight is 313 g/mol. The average Bonchev–Trinajstić information content (AvgIpc) is 2.37. The van der Waals surface area contributed by atoms with Crippen LogP contribution in [0.1, 0.15) is 6.92 Å². The normalized spacial score (nSPS) is 10.3. The molecule has 2 rings (SSSR count). The van der Waals surface area contributed by atoms with Crippen molar-refractivity contribution in [3.63, 3.8) is 0 Å². The Labute approximate surface area is 124 Å². The molecule has 0 saturated heterocycles. The molecular formula is C12H10Cl2N4O2. The Bertz CT molecular complexity index is 644. The summed E-state index contributed by atoms with van der Waals surface area (Å²) in [5, 5.41) is 14.9. The second kappa shape index (κ2) is 6.02. The van der Waals surface area contributed by atoms with E-state index in [1.54, 1.807) is 18.2 Å². The van der Waals surface area contributed by atoms with Gasteiger partial charge in [0.15, 0.2) is 5.69 Å². The van der Waals surface area contributed by atoms with Crippen LogP contribution in [0.4, 0.5) is 11.5 Å². The number of nitro groups is 1. The van der Waals surface area contributed by atoms with Crippen molar-refractivity contribution in [2.75, 3.05) is 11.9 Å². The van der Waals surface area contributed by atoms with Crippen molar-refractivity contribution in [3.8, 4) is 11.3 Å². The van der Waals surface area contributed by atoms with Gasteiger partial charge >= 0.3 is 5.69 Å². The van der Waals surface area contributed by atoms with Gasteiger partial charge in [-0.2, -0.15) is 0 Å². The van der Waals surface area contributed by atoms with Gasteiger partial charge in [-0.1, -0.05) is 23.2 Å². The standard InChI is InChI=1S/C12H10Cl2N4O2/c1-2-15-12-11(18(19)20)10(16-6-17-12)7-3-8(13)5-9(14)4-7/h3-6H,2H2,1H3,(H,15,16,17). The lowest BCUT2D eigenvalue weighted by molar-refractivity contribution is -0.383. The zero-order valence-electron chi connectivity index (χ0n) is 10.4. The number of halogens is 2. The van der Waals surface area contributed by atoms with Crippen LogP contribution in [0.3, 0.4) is 0 Å². The Kier molecular flexibility index (Phi) is 4.36. The van der Waals surface area contributed by atoms with Crippen LogP contribution in [0.5, 0.6) is 0 Å². The fraction of sp³-hybridized carbons (Fsp3) is 0.167. The van der Waals surface area contributed by atoms with Crippen molar-refractivity contribution in [1.29, 1.82) is 0 Å². The number of benzene rings is 1. The summed E-state index contributed by atoms with van der Waals surface area (Å²) in [5.74, 6) is 0.165. The highest BCUT2D eigenvalue weighted by molar-refractivity contribution is 6.35. The Morgan fingerprint density at radius 1 is 1.25 bits per heavy atom. The molecule has 0 bridgehead atoms. The number of nitrogens with one attached hydrogen (secondary N) is 1. The number of rotatable bonds is 4. The molecule has 1 aromatic carbocycles. The summed E-state index contributed by atoms with van der Waals surface area (Å²) in [7, 11) is 0. The lowest BCUT2D eigenvalue weighted by atomic mass is 10.1. The van der Waals surface area contributed by atoms with E-state index in [1.807, 2.05) is 6.92 Å². The fourth-order valence-corrected chi connectivity index (χ4v) is 2.28. The van der Waals surface area contributed by atoms with E-state index in [1.165, 1.54) is 6.33 Å². The molecule has 0 spiro atoms. The molecule has 104 valence electrons. The highest BCUT2D eigenvalue weighted by Gasteiger charge is 2.23. The maximum Gasteiger partial charge on any atom is 0.337 e. The molecule has 8 heteroatoms. The summed E-state index contributed by atoms with van der Waals surface area (Å²) < 4.78 is 0. The van der Waals surface area contributed by atoms with Crippen LogP contribution in [0.15, 0.2) is 24.5 Å². The minimum atomic E-state index is -0.526. The first-order valence-corrected chi connectivity index (χ1v) is 6.48. The van der Waals surface area contributed by atoms with Crippen LogP contribution in [0.25, 0.3) is 11.3 Å². The maximum absolute atomic E-state index is 11.3. The number of hydrogen-bond donors (Lipinski definition) is 1. The van der Waals surface area contributed by atoms with Crippen molar-refractivity contribution in [3.05, 3.63) is 44.7 Å². The molecule has 2 aromatic rings. The van der Waals surface area contributed by atoms with Crippen molar-refractivity contribution in [2.24, 2.45) is 0 Å². The second-order valence-corrected chi connectivity index (χ2v) is 4.74. The predicted molar refractivity (Wildman–Crippen MR) is 78.3 cm³/mol. The molecule has 0 aliphatic carbocycles. The van der Waals surface area contributed by atoms with Crippen LogP contribution < -0.4 is 5.32 Å². The molecule has 0 aliphatic heterocycles. The van der Waals surface area contributed by atoms with E-state index in [0.717, 1.165) is 0 Å². The topological polar surface area (TPSA) is 81.0 Å². The zero-order chi connectivity index (χ0) is 14.7. The lowest BCUT2D eigenvalue weighted by Gasteiger charge is -2.07. The molecule has 6 nitrogen and oxygen atoms in total. The Morgan fingerprint density at radius 3 is 2.45 bits per heavy atom. The van der Waals surface area contributed by atoms with Crippen LogP contribution >= 0.6 is 23.2 Å². The van der Waals surface area contributed by atoms with Gasteiger partial charge in [0.25, 0.3) is 0 Å². The van der Waals surface area contributed by atoms with Crippen molar-refractivity contribution < 1.29 is 4.92 Å². The van der Waals surface area contributed by atoms with E-state index in [-0.39, 0.29) is 17.2 Å².